The Labute approximate surface area is 116 Å². The van der Waals surface area contributed by atoms with Crippen molar-refractivity contribution in [3.63, 3.8) is 0 Å². The molecule has 1 atom stereocenters. The van der Waals surface area contributed by atoms with Crippen LogP contribution in [0.3, 0.4) is 0 Å². The Bertz CT molecular complexity index is 367. The molecule has 0 fully saturated rings. The number of nitrogens with zero attached hydrogens (tertiary/aromatic N) is 1. The van der Waals surface area contributed by atoms with Gasteiger partial charge >= 0.3 is 0 Å². The van der Waals surface area contributed by atoms with Gasteiger partial charge in [-0.2, -0.15) is 0 Å². The van der Waals surface area contributed by atoms with Crippen LogP contribution in [-0.4, -0.2) is 19.1 Å². The highest BCUT2D eigenvalue weighted by molar-refractivity contribution is 5.45. The lowest BCUT2D eigenvalue weighted by Gasteiger charge is -2.27. The van der Waals surface area contributed by atoms with E-state index in [-0.39, 0.29) is 17.3 Å². The molecule has 0 saturated heterocycles. The Hall–Kier alpha value is -1.09. The molecule has 0 aromatic heterocycles. The van der Waals surface area contributed by atoms with Crippen molar-refractivity contribution in [2.75, 3.05) is 18.0 Å². The smallest absolute Gasteiger partial charge is 0.123 e. The molecule has 0 saturated carbocycles. The van der Waals surface area contributed by atoms with Gasteiger partial charge in [0.15, 0.2) is 0 Å². The van der Waals surface area contributed by atoms with Crippen molar-refractivity contribution in [3.8, 4) is 0 Å². The second kappa shape index (κ2) is 6.90. The first-order valence-corrected chi connectivity index (χ1v) is 7.08. The van der Waals surface area contributed by atoms with Crippen LogP contribution < -0.4 is 10.6 Å². The Balaban J connectivity index is 2.51. The largest absolute Gasteiger partial charge is 0.372 e. The van der Waals surface area contributed by atoms with Crippen molar-refractivity contribution in [1.29, 1.82) is 0 Å². The monoisotopic (exact) mass is 266 g/mol. The van der Waals surface area contributed by atoms with E-state index in [4.69, 9.17) is 5.73 Å². The normalized spacial score (nSPS) is 13.4. The van der Waals surface area contributed by atoms with Gasteiger partial charge in [-0.15, -0.1) is 0 Å². The standard InChI is InChI=1S/C16H27FN2/c1-5-19(15-8-6-13(17)7-9-15)11-10-14(18)12-16(2,3)4/h6-9,14H,5,10-12,18H2,1-4H3. The fraction of sp³-hybridized carbons (Fsp3) is 0.625. The quantitative estimate of drug-likeness (QED) is 0.848. The molecule has 1 aromatic carbocycles. The second-order valence-corrected chi connectivity index (χ2v) is 6.37. The van der Waals surface area contributed by atoms with Crippen LogP contribution in [0.5, 0.6) is 0 Å². The van der Waals surface area contributed by atoms with Crippen LogP contribution in [0, 0.1) is 11.2 Å². The predicted octanol–water partition coefficient (Wildman–Crippen LogP) is 3.81. The summed E-state index contributed by atoms with van der Waals surface area (Å²) in [5, 5.41) is 0. The van der Waals surface area contributed by atoms with E-state index >= 15 is 0 Å². The van der Waals surface area contributed by atoms with Crippen LogP contribution in [-0.2, 0) is 0 Å². The molecule has 0 amide bonds. The molecule has 3 heteroatoms. The highest BCUT2D eigenvalue weighted by Crippen LogP contribution is 2.22. The summed E-state index contributed by atoms with van der Waals surface area (Å²) in [5.74, 6) is -0.191. The van der Waals surface area contributed by atoms with Gasteiger partial charge in [0, 0.05) is 24.8 Å². The van der Waals surface area contributed by atoms with E-state index in [1.807, 2.05) is 12.1 Å². The fourth-order valence-corrected chi connectivity index (χ4v) is 2.33. The summed E-state index contributed by atoms with van der Waals surface area (Å²) in [6, 6.07) is 6.89. The lowest BCUT2D eigenvalue weighted by Crippen LogP contribution is -2.33. The number of benzene rings is 1. The highest BCUT2D eigenvalue weighted by atomic mass is 19.1. The van der Waals surface area contributed by atoms with Gasteiger partial charge in [0.25, 0.3) is 0 Å². The molecule has 0 aliphatic rings. The van der Waals surface area contributed by atoms with Crippen LogP contribution in [0.25, 0.3) is 0 Å². The fourth-order valence-electron chi connectivity index (χ4n) is 2.33. The molecule has 19 heavy (non-hydrogen) atoms. The first-order valence-electron chi connectivity index (χ1n) is 7.08. The number of hydrogen-bond acceptors (Lipinski definition) is 2. The highest BCUT2D eigenvalue weighted by Gasteiger charge is 2.16. The van der Waals surface area contributed by atoms with E-state index in [1.165, 1.54) is 12.1 Å². The van der Waals surface area contributed by atoms with Crippen LogP contribution in [0.1, 0.15) is 40.5 Å². The zero-order valence-electron chi connectivity index (χ0n) is 12.6. The van der Waals surface area contributed by atoms with Crippen LogP contribution in [0.2, 0.25) is 0 Å². The molecule has 2 N–H and O–H groups in total. The van der Waals surface area contributed by atoms with Crippen molar-refractivity contribution < 1.29 is 4.39 Å². The third-order valence-corrected chi connectivity index (χ3v) is 3.22. The summed E-state index contributed by atoms with van der Waals surface area (Å²) in [6.45, 7) is 10.6. The van der Waals surface area contributed by atoms with Gasteiger partial charge in [0.2, 0.25) is 0 Å². The van der Waals surface area contributed by atoms with Crippen molar-refractivity contribution in [2.24, 2.45) is 11.1 Å². The number of rotatable bonds is 6. The topological polar surface area (TPSA) is 29.3 Å². The van der Waals surface area contributed by atoms with E-state index in [1.54, 1.807) is 0 Å². The summed E-state index contributed by atoms with van der Waals surface area (Å²) in [4.78, 5) is 2.24. The first kappa shape index (κ1) is 16.0. The SMILES string of the molecule is CCN(CCC(N)CC(C)(C)C)c1ccc(F)cc1. The van der Waals surface area contributed by atoms with Gasteiger partial charge < -0.3 is 10.6 Å². The van der Waals surface area contributed by atoms with Crippen LogP contribution in [0.4, 0.5) is 10.1 Å². The van der Waals surface area contributed by atoms with Gasteiger partial charge in [-0.25, -0.2) is 4.39 Å². The third-order valence-electron chi connectivity index (χ3n) is 3.22. The minimum atomic E-state index is -0.191. The molecule has 0 aliphatic heterocycles. The lowest BCUT2D eigenvalue weighted by atomic mass is 9.87. The van der Waals surface area contributed by atoms with E-state index < -0.39 is 0 Å². The summed E-state index contributed by atoms with van der Waals surface area (Å²) in [5.41, 5.74) is 7.51. The minimum absolute atomic E-state index is 0.191. The van der Waals surface area contributed by atoms with E-state index in [0.29, 0.717) is 0 Å². The van der Waals surface area contributed by atoms with Gasteiger partial charge in [0.1, 0.15) is 5.82 Å². The van der Waals surface area contributed by atoms with Gasteiger partial charge in [-0.05, 0) is 49.4 Å². The lowest BCUT2D eigenvalue weighted by molar-refractivity contribution is 0.332. The maximum absolute atomic E-state index is 12.9. The Morgan fingerprint density at radius 3 is 2.26 bits per heavy atom. The molecule has 2 nitrogen and oxygen atoms in total. The van der Waals surface area contributed by atoms with Crippen molar-refractivity contribution in [2.45, 2.75) is 46.6 Å². The van der Waals surface area contributed by atoms with E-state index in [9.17, 15) is 4.39 Å². The summed E-state index contributed by atoms with van der Waals surface area (Å²) in [6.07, 6.45) is 1.98. The van der Waals surface area contributed by atoms with Crippen molar-refractivity contribution >= 4 is 5.69 Å². The first-order chi connectivity index (χ1) is 8.81. The summed E-state index contributed by atoms with van der Waals surface area (Å²) in [7, 11) is 0. The van der Waals surface area contributed by atoms with E-state index in [0.717, 1.165) is 31.6 Å². The van der Waals surface area contributed by atoms with Gasteiger partial charge in [-0.1, -0.05) is 20.8 Å². The third kappa shape index (κ3) is 6.06. The molecule has 0 radical (unpaired) electrons. The molecule has 0 aliphatic carbocycles. The maximum Gasteiger partial charge on any atom is 0.123 e. The zero-order valence-corrected chi connectivity index (χ0v) is 12.6. The molecule has 108 valence electrons. The van der Waals surface area contributed by atoms with Crippen LogP contribution in [0.15, 0.2) is 24.3 Å². The molecule has 0 spiro atoms. The molecule has 1 unspecified atom stereocenters. The Morgan fingerprint density at radius 2 is 1.79 bits per heavy atom. The average Bonchev–Trinajstić information content (AvgIpc) is 2.29. The van der Waals surface area contributed by atoms with E-state index in [2.05, 4.69) is 32.6 Å². The van der Waals surface area contributed by atoms with Crippen molar-refractivity contribution in [1.82, 2.24) is 0 Å². The average molecular weight is 266 g/mol. The molecular formula is C16H27FN2. The number of halogens is 1. The molecule has 0 bridgehead atoms. The van der Waals surface area contributed by atoms with Crippen LogP contribution >= 0.6 is 0 Å². The maximum atomic E-state index is 12.9. The predicted molar refractivity (Wildman–Crippen MR) is 81.0 cm³/mol. The Morgan fingerprint density at radius 1 is 1.21 bits per heavy atom. The van der Waals surface area contributed by atoms with Gasteiger partial charge in [0.05, 0.1) is 0 Å². The summed E-state index contributed by atoms with van der Waals surface area (Å²) < 4.78 is 12.9. The Kier molecular flexibility index (Phi) is 5.80. The molecule has 1 rings (SSSR count). The number of nitrogens with two attached hydrogens (primary N) is 1. The summed E-state index contributed by atoms with van der Waals surface area (Å²) >= 11 is 0. The second-order valence-electron chi connectivity index (χ2n) is 6.37. The molecule has 0 heterocycles. The number of anilines is 1. The molecule has 1 aromatic rings. The minimum Gasteiger partial charge on any atom is -0.372 e. The number of hydrogen-bond donors (Lipinski definition) is 1. The molecular weight excluding hydrogens is 239 g/mol. The van der Waals surface area contributed by atoms with Gasteiger partial charge in [-0.3, -0.25) is 0 Å². The zero-order chi connectivity index (χ0) is 14.5. The van der Waals surface area contributed by atoms with Crippen molar-refractivity contribution in [3.05, 3.63) is 30.1 Å².